The zero-order valence-electron chi connectivity index (χ0n) is 36.3. The van der Waals surface area contributed by atoms with Crippen LogP contribution in [0, 0.1) is 16.7 Å². The van der Waals surface area contributed by atoms with Crippen molar-refractivity contribution in [1.29, 1.82) is 0 Å². The van der Waals surface area contributed by atoms with E-state index >= 15 is 4.79 Å². The van der Waals surface area contributed by atoms with Gasteiger partial charge >= 0.3 is 29.8 Å². The molecule has 2 bridgehead atoms. The topological polar surface area (TPSA) is 187 Å². The minimum absolute atomic E-state index is 0.0805. The van der Waals surface area contributed by atoms with Crippen LogP contribution in [0.2, 0.25) is 0 Å². The van der Waals surface area contributed by atoms with Crippen molar-refractivity contribution in [3.05, 3.63) is 119 Å². The number of hydrogen-bond acceptors (Lipinski definition) is 14. The number of aliphatic hydroxyl groups is 1. The van der Waals surface area contributed by atoms with Gasteiger partial charge in [-0.05, 0) is 66.5 Å². The number of ketones is 1. The summed E-state index contributed by atoms with van der Waals surface area (Å²) < 4.78 is 42.8. The molecule has 3 aromatic rings. The minimum Gasteiger partial charge on any atom is -0.458 e. The molecule has 1 saturated heterocycles. The van der Waals surface area contributed by atoms with Gasteiger partial charge < -0.3 is 38.3 Å². The lowest BCUT2D eigenvalue weighted by molar-refractivity contribution is -0.352. The zero-order chi connectivity index (χ0) is 45.5. The standard InChI is InChI=1S/C49H52O14/c1-28-36(59-29(2)50)25-49(56)44(57-26-33-15-10-8-11-16-33)42-47(7,43(54)41(60-30(3)51)40(28)46(49,5)6)37(24-38-48(42,27-58-38)63-31(4)52)62-39(53)22-21-32-17-14-20-35(23-32)61-45(55)34-18-12-9-13-19-34/h8-23,36-38,41-42,44,56H,24-27H2,1-7H3/b22-21+/t36-,37-,38+,41+,42-,44-,47+,48-,49+/m0/s1. The molecule has 0 amide bonds. The molecule has 1 N–H and O–H groups in total. The third kappa shape index (κ3) is 8.23. The molecular weight excluding hydrogens is 813 g/mol. The first-order chi connectivity index (χ1) is 29.8. The SMILES string of the molecule is CC(=O)O[C@H]1C(=O)[C@]2(C)[C@@H](OC(=O)/C=C/c3cccc(OC(=O)c4ccccc4)c3)C[C@H]3OC[C@@]3(OC(C)=O)[C@H]2[C@H](OCc2ccccc2)[C@]2(O)C[C@H](OC(C)=O)C(C)=C1C2(C)C. The highest BCUT2D eigenvalue weighted by molar-refractivity contribution is 5.96. The summed E-state index contributed by atoms with van der Waals surface area (Å²) in [5.41, 5.74) is -4.86. The largest absolute Gasteiger partial charge is 0.458 e. The second-order valence-electron chi connectivity index (χ2n) is 17.5. The maximum Gasteiger partial charge on any atom is 0.343 e. The summed E-state index contributed by atoms with van der Waals surface area (Å²) in [7, 11) is 0. The van der Waals surface area contributed by atoms with Gasteiger partial charge in [0.15, 0.2) is 17.5 Å². The van der Waals surface area contributed by atoms with Crippen molar-refractivity contribution in [3.63, 3.8) is 0 Å². The second kappa shape index (κ2) is 17.3. The number of carbonyl (C=O) groups is 6. The number of rotatable bonds is 11. The van der Waals surface area contributed by atoms with Crippen molar-refractivity contribution in [2.24, 2.45) is 16.7 Å². The van der Waals surface area contributed by atoms with E-state index in [1.807, 2.05) is 30.3 Å². The fourth-order valence-corrected chi connectivity index (χ4v) is 10.2. The average Bonchev–Trinajstić information content (AvgIpc) is 3.22. The van der Waals surface area contributed by atoms with E-state index in [-0.39, 0.29) is 37.4 Å². The van der Waals surface area contributed by atoms with Crippen molar-refractivity contribution in [2.75, 3.05) is 6.61 Å². The molecule has 2 saturated carbocycles. The molecule has 0 radical (unpaired) electrons. The maximum absolute atomic E-state index is 15.9. The molecule has 14 heteroatoms. The van der Waals surface area contributed by atoms with Crippen LogP contribution in [0.25, 0.3) is 6.08 Å². The Morgan fingerprint density at radius 3 is 2.13 bits per heavy atom. The molecule has 0 aromatic heterocycles. The van der Waals surface area contributed by atoms with Crippen LogP contribution in [0.15, 0.2) is 102 Å². The van der Waals surface area contributed by atoms with E-state index in [4.69, 9.17) is 33.2 Å². The van der Waals surface area contributed by atoms with Gasteiger partial charge in [-0.1, -0.05) is 74.5 Å². The van der Waals surface area contributed by atoms with Crippen LogP contribution in [0.1, 0.15) is 82.8 Å². The van der Waals surface area contributed by atoms with Crippen LogP contribution in [-0.2, 0) is 59.0 Å². The molecule has 4 aliphatic rings. The Labute approximate surface area is 365 Å². The first-order valence-corrected chi connectivity index (χ1v) is 20.9. The molecule has 63 heavy (non-hydrogen) atoms. The summed E-state index contributed by atoms with van der Waals surface area (Å²) in [5.74, 6) is -5.40. The first-order valence-electron chi connectivity index (χ1n) is 20.9. The van der Waals surface area contributed by atoms with Crippen LogP contribution in [-0.4, -0.2) is 89.1 Å². The normalized spacial score (nSPS) is 30.6. The Bertz CT molecular complexity index is 2350. The average molecular weight is 865 g/mol. The summed E-state index contributed by atoms with van der Waals surface area (Å²) in [6.45, 7) is 9.94. The third-order valence-corrected chi connectivity index (χ3v) is 13.2. The summed E-state index contributed by atoms with van der Waals surface area (Å²) >= 11 is 0. The van der Waals surface area contributed by atoms with Gasteiger partial charge in [0.05, 0.1) is 30.3 Å². The highest BCUT2D eigenvalue weighted by atomic mass is 16.6. The Morgan fingerprint density at radius 1 is 0.841 bits per heavy atom. The smallest absolute Gasteiger partial charge is 0.343 e. The highest BCUT2D eigenvalue weighted by Gasteiger charge is 2.78. The minimum atomic E-state index is -2.05. The van der Waals surface area contributed by atoms with Crippen molar-refractivity contribution in [2.45, 2.75) is 110 Å². The zero-order valence-corrected chi connectivity index (χ0v) is 36.3. The number of Topliss-reactive ketones (excluding diaryl/α,β-unsaturated/α-hetero) is 1. The number of benzene rings is 3. The van der Waals surface area contributed by atoms with Crippen LogP contribution < -0.4 is 4.74 Å². The van der Waals surface area contributed by atoms with Crippen molar-refractivity contribution in [3.8, 4) is 5.75 Å². The quantitative estimate of drug-likeness (QED) is 0.0770. The molecular formula is C49H52O14. The van der Waals surface area contributed by atoms with Crippen LogP contribution in [0.5, 0.6) is 5.75 Å². The van der Waals surface area contributed by atoms with Crippen molar-refractivity contribution < 1.29 is 67.0 Å². The first kappa shape index (κ1) is 45.1. The van der Waals surface area contributed by atoms with Gasteiger partial charge in [0.25, 0.3) is 0 Å². The molecule has 0 spiro atoms. The van der Waals surface area contributed by atoms with E-state index in [0.717, 1.165) is 18.6 Å². The predicted molar refractivity (Wildman–Crippen MR) is 224 cm³/mol. The lowest BCUT2D eigenvalue weighted by Crippen LogP contribution is -2.82. The van der Waals surface area contributed by atoms with E-state index < -0.39 is 94.1 Å². The van der Waals surface area contributed by atoms with E-state index in [0.29, 0.717) is 16.7 Å². The number of ether oxygens (including phenoxy) is 7. The fourth-order valence-electron chi connectivity index (χ4n) is 10.2. The van der Waals surface area contributed by atoms with Gasteiger partial charge in [-0.15, -0.1) is 0 Å². The number of hydrogen-bond donors (Lipinski definition) is 1. The van der Waals surface area contributed by atoms with Gasteiger partial charge in [-0.2, -0.15) is 0 Å². The highest BCUT2D eigenvalue weighted by Crippen LogP contribution is 2.65. The van der Waals surface area contributed by atoms with Gasteiger partial charge in [-0.25, -0.2) is 9.59 Å². The summed E-state index contributed by atoms with van der Waals surface area (Å²) in [6, 6.07) is 24.1. The molecule has 1 aliphatic heterocycles. The van der Waals surface area contributed by atoms with Crippen molar-refractivity contribution >= 4 is 41.7 Å². The Morgan fingerprint density at radius 2 is 1.51 bits per heavy atom. The van der Waals surface area contributed by atoms with Crippen LogP contribution in [0.4, 0.5) is 0 Å². The lowest BCUT2D eigenvalue weighted by atomic mass is 9.44. The monoisotopic (exact) mass is 864 g/mol. The van der Waals surface area contributed by atoms with E-state index in [1.165, 1.54) is 19.9 Å². The summed E-state index contributed by atoms with van der Waals surface area (Å²) in [4.78, 5) is 81.5. The van der Waals surface area contributed by atoms with Crippen LogP contribution >= 0.6 is 0 Å². The van der Waals surface area contributed by atoms with E-state index in [9.17, 15) is 29.1 Å². The molecule has 3 aliphatic carbocycles. The molecule has 332 valence electrons. The van der Waals surface area contributed by atoms with Gasteiger partial charge in [0.2, 0.25) is 0 Å². The van der Waals surface area contributed by atoms with Gasteiger partial charge in [0, 0.05) is 51.0 Å². The summed E-state index contributed by atoms with van der Waals surface area (Å²) in [6.07, 6.45) is -4.21. The van der Waals surface area contributed by atoms with Crippen molar-refractivity contribution in [1.82, 2.24) is 0 Å². The Balaban J connectivity index is 1.35. The molecule has 9 atom stereocenters. The maximum atomic E-state index is 15.9. The van der Waals surface area contributed by atoms with Gasteiger partial charge in [0.1, 0.15) is 29.7 Å². The predicted octanol–water partition coefficient (Wildman–Crippen LogP) is 6.07. The molecule has 3 aromatic carbocycles. The summed E-state index contributed by atoms with van der Waals surface area (Å²) in [5, 5.41) is 13.6. The van der Waals surface area contributed by atoms with E-state index in [1.54, 1.807) is 82.3 Å². The molecule has 3 fully saturated rings. The second-order valence-corrected chi connectivity index (χ2v) is 17.5. The molecule has 1 heterocycles. The third-order valence-electron chi connectivity index (χ3n) is 13.2. The van der Waals surface area contributed by atoms with Gasteiger partial charge in [-0.3, -0.25) is 19.2 Å². The number of fused-ring (bicyclic) bond motifs is 5. The molecule has 0 unspecified atom stereocenters. The Kier molecular flexibility index (Phi) is 12.4. The molecule has 7 rings (SSSR count). The van der Waals surface area contributed by atoms with E-state index in [2.05, 4.69) is 0 Å². The van der Waals surface area contributed by atoms with Crippen LogP contribution in [0.3, 0.4) is 0 Å². The Hall–Kier alpha value is -5.96. The fraction of sp³-hybridized carbons (Fsp3) is 0.429. The number of carbonyl (C=O) groups excluding carboxylic acids is 6. The lowest BCUT2D eigenvalue weighted by Gasteiger charge is -2.68. The molecule has 14 nitrogen and oxygen atoms in total. The number of esters is 5.